The first-order chi connectivity index (χ1) is 9.40. The second-order valence-electron chi connectivity index (χ2n) is 5.30. The van der Waals surface area contributed by atoms with Gasteiger partial charge in [0.25, 0.3) is 0 Å². The maximum absolute atomic E-state index is 12.4. The lowest BCUT2D eigenvalue weighted by atomic mass is 9.67. The number of halogens is 1. The standard InChI is InChI=1S/C14H18BrN3O2/c1-8-6-10(7-9(2)11(8)15)17-13(19)14(4-3-5-14)12(16)18-20/h6-7,20H,3-5H2,1-2H3,(H2,16,18)(H,17,19). The van der Waals surface area contributed by atoms with Crippen LogP contribution in [0.4, 0.5) is 5.69 Å². The molecule has 1 aromatic carbocycles. The van der Waals surface area contributed by atoms with Crippen LogP contribution in [0.3, 0.4) is 0 Å². The van der Waals surface area contributed by atoms with Gasteiger partial charge in [-0.05, 0) is 49.9 Å². The van der Waals surface area contributed by atoms with Gasteiger partial charge in [-0.2, -0.15) is 0 Å². The van der Waals surface area contributed by atoms with E-state index < -0.39 is 5.41 Å². The van der Waals surface area contributed by atoms with E-state index in [1.807, 2.05) is 26.0 Å². The van der Waals surface area contributed by atoms with Crippen LogP contribution in [0.5, 0.6) is 0 Å². The number of nitrogens with zero attached hydrogens (tertiary/aromatic N) is 1. The summed E-state index contributed by atoms with van der Waals surface area (Å²) in [5, 5.41) is 14.7. The van der Waals surface area contributed by atoms with E-state index in [1.165, 1.54) is 0 Å². The van der Waals surface area contributed by atoms with Crippen molar-refractivity contribution in [2.24, 2.45) is 16.3 Å². The van der Waals surface area contributed by atoms with Crippen LogP contribution in [-0.4, -0.2) is 17.0 Å². The number of amidine groups is 1. The van der Waals surface area contributed by atoms with E-state index in [1.54, 1.807) is 0 Å². The minimum absolute atomic E-state index is 0.00759. The molecule has 0 heterocycles. The number of aryl methyl sites for hydroxylation is 2. The summed E-state index contributed by atoms with van der Waals surface area (Å²) in [6.45, 7) is 3.94. The van der Waals surface area contributed by atoms with Gasteiger partial charge in [-0.1, -0.05) is 27.5 Å². The minimum atomic E-state index is -0.858. The van der Waals surface area contributed by atoms with Crippen LogP contribution in [-0.2, 0) is 4.79 Å². The smallest absolute Gasteiger partial charge is 0.238 e. The molecule has 0 bridgehead atoms. The molecule has 6 heteroatoms. The van der Waals surface area contributed by atoms with Gasteiger partial charge < -0.3 is 16.3 Å². The highest BCUT2D eigenvalue weighted by Gasteiger charge is 2.48. The van der Waals surface area contributed by atoms with E-state index >= 15 is 0 Å². The summed E-state index contributed by atoms with van der Waals surface area (Å²) in [6, 6.07) is 3.79. The Morgan fingerprint density at radius 1 is 1.40 bits per heavy atom. The normalized spacial score (nSPS) is 17.4. The number of carbonyl (C=O) groups excluding carboxylic acids is 1. The molecule has 1 saturated carbocycles. The molecule has 1 amide bonds. The molecule has 0 radical (unpaired) electrons. The lowest BCUT2D eigenvalue weighted by Gasteiger charge is -2.38. The van der Waals surface area contributed by atoms with E-state index in [-0.39, 0.29) is 11.7 Å². The Bertz CT molecular complexity index is 557. The molecule has 108 valence electrons. The molecular weight excluding hydrogens is 322 g/mol. The fourth-order valence-corrected chi connectivity index (χ4v) is 2.72. The van der Waals surface area contributed by atoms with Crippen molar-refractivity contribution in [3.8, 4) is 0 Å². The number of nitrogens with one attached hydrogen (secondary N) is 1. The Morgan fingerprint density at radius 2 is 1.95 bits per heavy atom. The zero-order valence-electron chi connectivity index (χ0n) is 11.5. The van der Waals surface area contributed by atoms with Crippen molar-refractivity contribution in [3.05, 3.63) is 27.7 Å². The lowest BCUT2D eigenvalue weighted by molar-refractivity contribution is -0.125. The third-order valence-electron chi connectivity index (χ3n) is 3.93. The molecule has 0 unspecified atom stereocenters. The van der Waals surface area contributed by atoms with Crippen molar-refractivity contribution in [1.29, 1.82) is 0 Å². The van der Waals surface area contributed by atoms with Crippen molar-refractivity contribution in [2.75, 3.05) is 5.32 Å². The highest BCUT2D eigenvalue weighted by Crippen LogP contribution is 2.42. The fourth-order valence-electron chi connectivity index (χ4n) is 2.49. The highest BCUT2D eigenvalue weighted by molar-refractivity contribution is 9.10. The molecule has 2 rings (SSSR count). The minimum Gasteiger partial charge on any atom is -0.409 e. The van der Waals surface area contributed by atoms with E-state index in [4.69, 9.17) is 10.9 Å². The van der Waals surface area contributed by atoms with E-state index in [0.29, 0.717) is 12.8 Å². The first-order valence-electron chi connectivity index (χ1n) is 6.47. The fraction of sp³-hybridized carbons (Fsp3) is 0.429. The van der Waals surface area contributed by atoms with Crippen LogP contribution in [0.2, 0.25) is 0 Å². The Kier molecular flexibility index (Phi) is 4.04. The Balaban J connectivity index is 2.24. The third kappa shape index (κ3) is 2.40. The summed E-state index contributed by atoms with van der Waals surface area (Å²) in [6.07, 6.45) is 2.13. The van der Waals surface area contributed by atoms with Gasteiger partial charge in [0.1, 0.15) is 5.41 Å². The average Bonchev–Trinajstić information content (AvgIpc) is 2.34. The zero-order chi connectivity index (χ0) is 14.9. The lowest BCUT2D eigenvalue weighted by Crippen LogP contribution is -2.51. The third-order valence-corrected chi connectivity index (χ3v) is 5.18. The summed E-state index contributed by atoms with van der Waals surface area (Å²) in [5.41, 5.74) is 7.65. The van der Waals surface area contributed by atoms with Crippen molar-refractivity contribution in [2.45, 2.75) is 33.1 Å². The number of amides is 1. The molecule has 0 aliphatic heterocycles. The number of rotatable bonds is 3. The molecule has 1 aliphatic rings. The SMILES string of the molecule is Cc1cc(NC(=O)C2(/C(N)=N/O)CCC2)cc(C)c1Br. The molecule has 20 heavy (non-hydrogen) atoms. The number of oxime groups is 1. The number of carbonyl (C=O) groups is 1. The second kappa shape index (κ2) is 5.44. The van der Waals surface area contributed by atoms with Gasteiger partial charge in [-0.15, -0.1) is 0 Å². The van der Waals surface area contributed by atoms with Gasteiger partial charge in [-0.3, -0.25) is 4.79 Å². The topological polar surface area (TPSA) is 87.7 Å². The second-order valence-corrected chi connectivity index (χ2v) is 6.09. The summed E-state index contributed by atoms with van der Waals surface area (Å²) in [7, 11) is 0. The Hall–Kier alpha value is -1.56. The number of hydrogen-bond donors (Lipinski definition) is 3. The number of nitrogens with two attached hydrogens (primary N) is 1. The van der Waals surface area contributed by atoms with Crippen molar-refractivity contribution < 1.29 is 10.0 Å². The molecule has 0 aromatic heterocycles. The number of anilines is 1. The first kappa shape index (κ1) is 14.8. The van der Waals surface area contributed by atoms with Gasteiger partial charge in [0, 0.05) is 10.2 Å². The van der Waals surface area contributed by atoms with Gasteiger partial charge in [0.05, 0.1) is 0 Å². The highest BCUT2D eigenvalue weighted by atomic mass is 79.9. The molecule has 1 aromatic rings. The molecule has 4 N–H and O–H groups in total. The molecule has 0 saturated heterocycles. The molecule has 1 aliphatic carbocycles. The van der Waals surface area contributed by atoms with Gasteiger partial charge in [-0.25, -0.2) is 0 Å². The molecule has 1 fully saturated rings. The van der Waals surface area contributed by atoms with Crippen molar-refractivity contribution in [3.63, 3.8) is 0 Å². The summed E-state index contributed by atoms with van der Waals surface area (Å²) >= 11 is 3.49. The van der Waals surface area contributed by atoms with E-state index in [9.17, 15) is 4.79 Å². The van der Waals surface area contributed by atoms with Crippen LogP contribution in [0.15, 0.2) is 21.8 Å². The monoisotopic (exact) mass is 339 g/mol. The molecular formula is C14H18BrN3O2. The summed E-state index contributed by atoms with van der Waals surface area (Å²) in [4.78, 5) is 12.4. The summed E-state index contributed by atoms with van der Waals surface area (Å²) in [5.74, 6) is -0.216. The number of benzene rings is 1. The van der Waals surface area contributed by atoms with Crippen LogP contribution in [0, 0.1) is 19.3 Å². The van der Waals surface area contributed by atoms with Crippen LogP contribution in [0.1, 0.15) is 30.4 Å². The average molecular weight is 340 g/mol. The number of hydrogen-bond acceptors (Lipinski definition) is 3. The van der Waals surface area contributed by atoms with Gasteiger partial charge in [0.15, 0.2) is 5.84 Å². The van der Waals surface area contributed by atoms with Crippen LogP contribution < -0.4 is 11.1 Å². The zero-order valence-corrected chi connectivity index (χ0v) is 13.1. The quantitative estimate of drug-likeness (QED) is 0.342. The predicted molar refractivity (Wildman–Crippen MR) is 81.9 cm³/mol. The Labute approximate surface area is 126 Å². The van der Waals surface area contributed by atoms with Crippen LogP contribution in [0.25, 0.3) is 0 Å². The Morgan fingerprint density at radius 3 is 2.35 bits per heavy atom. The first-order valence-corrected chi connectivity index (χ1v) is 7.26. The van der Waals surface area contributed by atoms with Crippen molar-refractivity contribution >= 4 is 33.4 Å². The largest absolute Gasteiger partial charge is 0.409 e. The van der Waals surface area contributed by atoms with Crippen LogP contribution >= 0.6 is 15.9 Å². The molecule has 0 atom stereocenters. The molecule has 0 spiro atoms. The van der Waals surface area contributed by atoms with E-state index in [0.717, 1.165) is 27.7 Å². The summed E-state index contributed by atoms with van der Waals surface area (Å²) < 4.78 is 1.03. The maximum atomic E-state index is 12.4. The van der Waals surface area contributed by atoms with Gasteiger partial charge >= 0.3 is 0 Å². The maximum Gasteiger partial charge on any atom is 0.238 e. The van der Waals surface area contributed by atoms with Crippen molar-refractivity contribution in [1.82, 2.24) is 0 Å². The molecule has 5 nitrogen and oxygen atoms in total. The predicted octanol–water partition coefficient (Wildman–Crippen LogP) is 2.92. The van der Waals surface area contributed by atoms with E-state index in [2.05, 4.69) is 26.4 Å². The van der Waals surface area contributed by atoms with Gasteiger partial charge in [0.2, 0.25) is 5.91 Å².